The third-order valence-electron chi connectivity index (χ3n) is 5.86. The quantitative estimate of drug-likeness (QED) is 0.528. The number of aromatic nitrogens is 2. The van der Waals surface area contributed by atoms with Crippen LogP contribution in [0.25, 0.3) is 11.3 Å². The molecule has 4 heterocycles. The maximum atomic E-state index is 14.4. The van der Waals surface area contributed by atoms with E-state index in [4.69, 9.17) is 9.47 Å². The van der Waals surface area contributed by atoms with Gasteiger partial charge in [0.25, 0.3) is 5.91 Å². The minimum Gasteiger partial charge on any atom is -0.492 e. The van der Waals surface area contributed by atoms with E-state index >= 15 is 0 Å². The lowest BCUT2D eigenvalue weighted by atomic mass is 9.92. The number of carbonyl (C=O) groups is 1. The molecule has 0 fully saturated rings. The molecule has 3 N–H and O–H groups in total. The average molecular weight is 434 g/mol. The van der Waals surface area contributed by atoms with Gasteiger partial charge in [-0.3, -0.25) is 9.78 Å². The van der Waals surface area contributed by atoms with Gasteiger partial charge in [0.1, 0.15) is 12.4 Å². The van der Waals surface area contributed by atoms with Crippen LogP contribution in [0.15, 0.2) is 48.3 Å². The number of H-pyrrole nitrogens is 1. The molecule has 1 atom stereocenters. The highest BCUT2D eigenvalue weighted by Crippen LogP contribution is 2.44. The van der Waals surface area contributed by atoms with Gasteiger partial charge < -0.3 is 25.1 Å². The Hall–Kier alpha value is -3.81. The van der Waals surface area contributed by atoms with E-state index in [9.17, 15) is 9.18 Å². The predicted molar refractivity (Wildman–Crippen MR) is 119 cm³/mol. The molecule has 2 aromatic heterocycles. The van der Waals surface area contributed by atoms with Crippen LogP contribution in [0.5, 0.6) is 11.5 Å². The molecule has 0 aliphatic carbocycles. The normalized spacial score (nSPS) is 18.9. The number of amides is 1. The number of hydrogen-bond donors (Lipinski definition) is 3. The second-order valence-electron chi connectivity index (χ2n) is 7.96. The van der Waals surface area contributed by atoms with Crippen LogP contribution >= 0.6 is 0 Å². The minimum atomic E-state index is -0.492. The summed E-state index contributed by atoms with van der Waals surface area (Å²) in [5.41, 5.74) is 4.86. The van der Waals surface area contributed by atoms with Gasteiger partial charge in [0.2, 0.25) is 0 Å². The SMILES string of the molecule is COc1c(F)cccc1Nc1c2[nH]c3c1C(=O)NC[C@@H]3C/C=C(\C)COc1cnccc1-2. The number of methoxy groups -OCH3 is 1. The van der Waals surface area contributed by atoms with Gasteiger partial charge in [-0.1, -0.05) is 12.1 Å². The van der Waals surface area contributed by atoms with Crippen molar-refractivity contribution in [1.29, 1.82) is 0 Å². The maximum absolute atomic E-state index is 14.4. The van der Waals surface area contributed by atoms with Gasteiger partial charge in [-0.05, 0) is 37.1 Å². The third kappa shape index (κ3) is 3.37. The number of para-hydroxylation sites is 1. The van der Waals surface area contributed by atoms with Crippen LogP contribution < -0.4 is 20.1 Å². The molecule has 7 nitrogen and oxygen atoms in total. The van der Waals surface area contributed by atoms with Crippen molar-refractivity contribution in [2.45, 2.75) is 19.3 Å². The van der Waals surface area contributed by atoms with Gasteiger partial charge in [0.15, 0.2) is 11.6 Å². The topological polar surface area (TPSA) is 88.3 Å². The lowest BCUT2D eigenvalue weighted by Crippen LogP contribution is -2.35. The van der Waals surface area contributed by atoms with Gasteiger partial charge in [-0.2, -0.15) is 0 Å². The fraction of sp³-hybridized carbons (Fsp3) is 0.250. The zero-order valence-corrected chi connectivity index (χ0v) is 17.8. The lowest BCUT2D eigenvalue weighted by Gasteiger charge is -2.23. The van der Waals surface area contributed by atoms with Crippen molar-refractivity contribution >= 4 is 17.3 Å². The van der Waals surface area contributed by atoms with Crippen molar-refractivity contribution in [3.8, 4) is 22.8 Å². The van der Waals surface area contributed by atoms with E-state index < -0.39 is 5.82 Å². The molecule has 0 saturated heterocycles. The fourth-order valence-electron chi connectivity index (χ4n) is 4.24. The molecule has 0 radical (unpaired) electrons. The van der Waals surface area contributed by atoms with E-state index in [1.807, 2.05) is 13.0 Å². The molecule has 1 amide bonds. The summed E-state index contributed by atoms with van der Waals surface area (Å²) in [5, 5.41) is 6.26. The van der Waals surface area contributed by atoms with Crippen molar-refractivity contribution in [1.82, 2.24) is 15.3 Å². The summed E-state index contributed by atoms with van der Waals surface area (Å²) in [6.45, 7) is 3.00. The van der Waals surface area contributed by atoms with Crippen molar-refractivity contribution in [2.75, 3.05) is 25.6 Å². The van der Waals surface area contributed by atoms with E-state index in [0.29, 0.717) is 41.5 Å². The molecule has 0 saturated carbocycles. The first-order chi connectivity index (χ1) is 15.6. The first-order valence-electron chi connectivity index (χ1n) is 10.4. The number of ether oxygens (including phenoxy) is 2. The van der Waals surface area contributed by atoms with E-state index in [1.54, 1.807) is 24.5 Å². The first kappa shape index (κ1) is 20.1. The van der Waals surface area contributed by atoms with Gasteiger partial charge in [0.05, 0.1) is 35.9 Å². The van der Waals surface area contributed by atoms with Crippen LogP contribution in [0.4, 0.5) is 15.8 Å². The number of fused-ring (bicyclic) bond motifs is 3. The molecule has 0 unspecified atom stereocenters. The Morgan fingerprint density at radius 2 is 2.19 bits per heavy atom. The van der Waals surface area contributed by atoms with Crippen LogP contribution in [0.2, 0.25) is 0 Å². The Morgan fingerprint density at radius 3 is 3.03 bits per heavy atom. The van der Waals surface area contributed by atoms with Crippen LogP contribution in [0.3, 0.4) is 0 Å². The fourth-order valence-corrected chi connectivity index (χ4v) is 4.24. The van der Waals surface area contributed by atoms with Crippen LogP contribution in [0, 0.1) is 5.82 Å². The molecule has 2 aliphatic heterocycles. The second kappa shape index (κ2) is 8.03. The Kier molecular flexibility index (Phi) is 5.05. The minimum absolute atomic E-state index is 0.0738. The van der Waals surface area contributed by atoms with E-state index in [2.05, 4.69) is 26.7 Å². The first-order valence-corrected chi connectivity index (χ1v) is 10.4. The average Bonchev–Trinajstić information content (AvgIpc) is 3.16. The molecule has 2 bridgehead atoms. The highest BCUT2D eigenvalue weighted by atomic mass is 19.1. The van der Waals surface area contributed by atoms with Crippen molar-refractivity contribution in [3.05, 3.63) is 65.4 Å². The number of anilines is 2. The van der Waals surface area contributed by atoms with Crippen LogP contribution in [-0.4, -0.2) is 36.1 Å². The molecular formula is C24H23FN4O3. The number of carbonyl (C=O) groups excluding carboxylic acids is 1. The van der Waals surface area contributed by atoms with E-state index in [-0.39, 0.29) is 17.6 Å². The highest BCUT2D eigenvalue weighted by molar-refractivity contribution is 6.07. The Morgan fingerprint density at radius 1 is 1.31 bits per heavy atom. The molecule has 1 aromatic carbocycles. The predicted octanol–water partition coefficient (Wildman–Crippen LogP) is 4.52. The number of nitrogens with zero attached hydrogens (tertiary/aromatic N) is 1. The molecule has 5 rings (SSSR count). The zero-order chi connectivity index (χ0) is 22.2. The number of halogens is 1. The number of allylic oxidation sites excluding steroid dienone is 1. The number of pyridine rings is 1. The summed E-state index contributed by atoms with van der Waals surface area (Å²) in [7, 11) is 1.41. The number of rotatable bonds is 3. The monoisotopic (exact) mass is 434 g/mol. The number of hydrogen-bond acceptors (Lipinski definition) is 5. The number of nitrogens with one attached hydrogen (secondary N) is 3. The van der Waals surface area contributed by atoms with Crippen molar-refractivity contribution < 1.29 is 18.7 Å². The molecule has 2 aliphatic rings. The number of benzene rings is 1. The standard InChI is InChI=1S/C24H23FN4O3/c1-13-6-7-14-10-27-24(30)19-20(14)29-21(15-8-9-26-11-18(15)32-12-13)22(19)28-17-5-3-4-16(25)23(17)31-2/h3-6,8-9,11,14,28-29H,7,10,12H2,1-2H3,(H,27,30)/b13-6+/t14-/m0/s1. The second-order valence-corrected chi connectivity index (χ2v) is 7.96. The summed E-state index contributed by atoms with van der Waals surface area (Å²) in [5.74, 6) is 0.0587. The van der Waals surface area contributed by atoms with Crippen molar-refractivity contribution in [2.24, 2.45) is 0 Å². The summed E-state index contributed by atoms with van der Waals surface area (Å²) in [4.78, 5) is 20.7. The molecule has 32 heavy (non-hydrogen) atoms. The Bertz CT molecular complexity index is 1230. The van der Waals surface area contributed by atoms with Gasteiger partial charge in [-0.25, -0.2) is 4.39 Å². The molecule has 3 aromatic rings. The smallest absolute Gasteiger partial charge is 0.255 e. The summed E-state index contributed by atoms with van der Waals surface area (Å²) in [6, 6.07) is 6.47. The summed E-state index contributed by atoms with van der Waals surface area (Å²) in [6.07, 6.45) is 6.22. The molecule has 164 valence electrons. The number of aromatic amines is 1. The third-order valence-corrected chi connectivity index (χ3v) is 5.86. The highest BCUT2D eigenvalue weighted by Gasteiger charge is 2.33. The van der Waals surface area contributed by atoms with E-state index in [0.717, 1.165) is 23.3 Å². The summed E-state index contributed by atoms with van der Waals surface area (Å²) >= 11 is 0. The Labute approximate surface area is 184 Å². The largest absolute Gasteiger partial charge is 0.492 e. The van der Waals surface area contributed by atoms with Crippen molar-refractivity contribution in [3.63, 3.8) is 0 Å². The zero-order valence-electron chi connectivity index (χ0n) is 17.8. The van der Waals surface area contributed by atoms with Gasteiger partial charge in [0, 0.05) is 29.9 Å². The lowest BCUT2D eigenvalue weighted by molar-refractivity contribution is 0.0941. The Balaban J connectivity index is 1.75. The molecule has 0 spiro atoms. The van der Waals surface area contributed by atoms with Gasteiger partial charge >= 0.3 is 0 Å². The molecule has 8 heteroatoms. The van der Waals surface area contributed by atoms with Crippen LogP contribution in [-0.2, 0) is 0 Å². The van der Waals surface area contributed by atoms with E-state index in [1.165, 1.54) is 13.2 Å². The van der Waals surface area contributed by atoms with Gasteiger partial charge in [-0.15, -0.1) is 0 Å². The van der Waals surface area contributed by atoms with Crippen LogP contribution in [0.1, 0.15) is 35.3 Å². The summed E-state index contributed by atoms with van der Waals surface area (Å²) < 4.78 is 25.7. The maximum Gasteiger partial charge on any atom is 0.255 e. The molecular weight excluding hydrogens is 411 g/mol.